The smallest absolute Gasteiger partial charge is 0.168 e. The number of hydrogen-bond acceptors (Lipinski definition) is 2. The summed E-state index contributed by atoms with van der Waals surface area (Å²) in [5.74, 6) is 0. The van der Waals surface area contributed by atoms with E-state index in [1.165, 1.54) is 6.42 Å². The van der Waals surface area contributed by atoms with Crippen LogP contribution in [0.15, 0.2) is 12.5 Å². The molecule has 1 aliphatic carbocycles. The molecule has 76 valence electrons. The van der Waals surface area contributed by atoms with E-state index in [2.05, 4.69) is 18.8 Å². The van der Waals surface area contributed by atoms with E-state index in [-0.39, 0.29) is 0 Å². The molecule has 0 spiro atoms. The number of aromatic nitrogens is 2. The van der Waals surface area contributed by atoms with Crippen molar-refractivity contribution in [3.05, 3.63) is 18.2 Å². The van der Waals surface area contributed by atoms with E-state index < -0.39 is 0 Å². The summed E-state index contributed by atoms with van der Waals surface area (Å²) in [7, 11) is 0. The molecule has 1 aromatic heterocycles. The second-order valence-electron chi connectivity index (χ2n) is 4.90. The van der Waals surface area contributed by atoms with Gasteiger partial charge in [-0.3, -0.25) is 4.79 Å². The Balaban J connectivity index is 2.21. The zero-order chi connectivity index (χ0) is 10.2. The molecule has 0 amide bonds. The minimum Gasteiger partial charge on any atom is -0.325 e. The van der Waals surface area contributed by atoms with Gasteiger partial charge >= 0.3 is 0 Å². The molecular weight excluding hydrogens is 176 g/mol. The first kappa shape index (κ1) is 9.44. The van der Waals surface area contributed by atoms with Gasteiger partial charge in [0.2, 0.25) is 0 Å². The fraction of sp³-hybridized carbons (Fsp3) is 0.636. The van der Waals surface area contributed by atoms with Gasteiger partial charge in [-0.1, -0.05) is 13.8 Å². The Kier molecular flexibility index (Phi) is 2.17. The van der Waals surface area contributed by atoms with Crippen molar-refractivity contribution < 1.29 is 4.79 Å². The summed E-state index contributed by atoms with van der Waals surface area (Å²) in [5.41, 5.74) is 1.11. The normalized spacial score (nSPS) is 25.1. The quantitative estimate of drug-likeness (QED) is 0.674. The Hall–Kier alpha value is -1.12. The van der Waals surface area contributed by atoms with Crippen LogP contribution in [0.25, 0.3) is 0 Å². The van der Waals surface area contributed by atoms with Crippen LogP contribution in [0.4, 0.5) is 0 Å². The molecule has 1 atom stereocenters. The maximum Gasteiger partial charge on any atom is 0.168 e. The molecule has 3 heteroatoms. The van der Waals surface area contributed by atoms with Crippen LogP contribution in [0.5, 0.6) is 0 Å². The van der Waals surface area contributed by atoms with Crippen LogP contribution < -0.4 is 0 Å². The van der Waals surface area contributed by atoms with E-state index in [4.69, 9.17) is 0 Å². The minimum absolute atomic E-state index is 0.412. The van der Waals surface area contributed by atoms with Crippen LogP contribution >= 0.6 is 0 Å². The summed E-state index contributed by atoms with van der Waals surface area (Å²) in [4.78, 5) is 14.8. The summed E-state index contributed by atoms with van der Waals surface area (Å²) in [6, 6.07) is 0.465. The average Bonchev–Trinajstić information content (AvgIpc) is 2.70. The highest BCUT2D eigenvalue weighted by atomic mass is 16.1. The Morgan fingerprint density at radius 3 is 3.00 bits per heavy atom. The van der Waals surface area contributed by atoms with Gasteiger partial charge in [0.15, 0.2) is 6.29 Å². The van der Waals surface area contributed by atoms with Crippen molar-refractivity contribution in [1.82, 2.24) is 9.55 Å². The van der Waals surface area contributed by atoms with E-state index >= 15 is 0 Å². The molecule has 0 radical (unpaired) electrons. The topological polar surface area (TPSA) is 34.9 Å². The van der Waals surface area contributed by atoms with Crippen molar-refractivity contribution in [2.45, 2.75) is 39.2 Å². The summed E-state index contributed by atoms with van der Waals surface area (Å²) >= 11 is 0. The molecule has 2 rings (SSSR count). The fourth-order valence-electron chi connectivity index (χ4n) is 2.35. The van der Waals surface area contributed by atoms with Crippen LogP contribution in [-0.4, -0.2) is 15.8 Å². The van der Waals surface area contributed by atoms with E-state index in [0.717, 1.165) is 19.1 Å². The average molecular weight is 192 g/mol. The highest BCUT2D eigenvalue weighted by Gasteiger charge is 2.32. The lowest BCUT2D eigenvalue weighted by atomic mass is 9.92. The van der Waals surface area contributed by atoms with Crippen molar-refractivity contribution in [1.29, 1.82) is 0 Å². The Labute approximate surface area is 84.1 Å². The fourth-order valence-corrected chi connectivity index (χ4v) is 2.35. The third-order valence-electron chi connectivity index (χ3n) is 3.15. The van der Waals surface area contributed by atoms with Gasteiger partial charge in [0.25, 0.3) is 0 Å². The number of carbonyl (C=O) groups excluding carboxylic acids is 1. The van der Waals surface area contributed by atoms with E-state index in [9.17, 15) is 4.79 Å². The predicted molar refractivity (Wildman–Crippen MR) is 54.3 cm³/mol. The monoisotopic (exact) mass is 192 g/mol. The maximum absolute atomic E-state index is 10.7. The van der Waals surface area contributed by atoms with Gasteiger partial charge in [-0.25, -0.2) is 4.98 Å². The third-order valence-corrected chi connectivity index (χ3v) is 3.15. The Morgan fingerprint density at radius 2 is 2.43 bits per heavy atom. The first-order chi connectivity index (χ1) is 6.62. The van der Waals surface area contributed by atoms with Crippen LogP contribution in [0.1, 0.15) is 49.6 Å². The molecule has 0 aromatic carbocycles. The van der Waals surface area contributed by atoms with E-state index in [1.54, 1.807) is 12.5 Å². The van der Waals surface area contributed by atoms with Crippen molar-refractivity contribution in [2.75, 3.05) is 0 Å². The van der Waals surface area contributed by atoms with Crippen molar-refractivity contribution in [3.63, 3.8) is 0 Å². The first-order valence-corrected chi connectivity index (χ1v) is 5.09. The largest absolute Gasteiger partial charge is 0.325 e. The molecule has 3 nitrogen and oxygen atoms in total. The molecular formula is C11H16N2O. The lowest BCUT2D eigenvalue weighted by Crippen LogP contribution is -2.10. The zero-order valence-electron chi connectivity index (χ0n) is 8.73. The number of aldehydes is 1. The van der Waals surface area contributed by atoms with Crippen LogP contribution in [0, 0.1) is 5.41 Å². The van der Waals surface area contributed by atoms with Crippen LogP contribution in [-0.2, 0) is 0 Å². The molecule has 1 heterocycles. The molecule has 0 saturated heterocycles. The van der Waals surface area contributed by atoms with Crippen LogP contribution in [0.3, 0.4) is 0 Å². The van der Waals surface area contributed by atoms with Gasteiger partial charge in [0, 0.05) is 6.04 Å². The Morgan fingerprint density at radius 1 is 1.64 bits per heavy atom. The zero-order valence-corrected chi connectivity index (χ0v) is 8.73. The highest BCUT2D eigenvalue weighted by molar-refractivity contribution is 5.71. The molecule has 1 aliphatic rings. The Bertz CT molecular complexity index is 341. The second-order valence-corrected chi connectivity index (χ2v) is 4.90. The molecule has 1 saturated carbocycles. The van der Waals surface area contributed by atoms with E-state index in [0.29, 0.717) is 17.2 Å². The van der Waals surface area contributed by atoms with E-state index in [1.807, 2.05) is 4.57 Å². The number of nitrogens with zero attached hydrogens (tertiary/aromatic N) is 2. The van der Waals surface area contributed by atoms with Crippen molar-refractivity contribution >= 4 is 6.29 Å². The highest BCUT2D eigenvalue weighted by Crippen LogP contribution is 2.43. The third kappa shape index (κ3) is 1.59. The summed E-state index contributed by atoms with van der Waals surface area (Å²) < 4.78 is 2.02. The van der Waals surface area contributed by atoms with Crippen molar-refractivity contribution in [3.8, 4) is 0 Å². The lowest BCUT2D eigenvalue weighted by Gasteiger charge is -2.18. The number of rotatable bonds is 2. The molecule has 1 fully saturated rings. The molecule has 1 unspecified atom stereocenters. The summed E-state index contributed by atoms with van der Waals surface area (Å²) in [6.45, 7) is 4.56. The first-order valence-electron chi connectivity index (χ1n) is 5.09. The van der Waals surface area contributed by atoms with Gasteiger partial charge in [0.1, 0.15) is 5.69 Å². The standard InChI is InChI=1S/C11H16N2O/c1-11(2)4-3-9(5-11)13-8-12-6-10(13)7-14/h6-9H,3-5H2,1-2H3. The maximum atomic E-state index is 10.7. The lowest BCUT2D eigenvalue weighted by molar-refractivity contribution is 0.111. The molecule has 0 aliphatic heterocycles. The van der Waals surface area contributed by atoms with Gasteiger partial charge in [-0.15, -0.1) is 0 Å². The number of carbonyl (C=O) groups is 1. The number of imidazole rings is 1. The number of hydrogen-bond donors (Lipinski definition) is 0. The SMILES string of the molecule is CC1(C)CCC(n2cncc2C=O)C1. The van der Waals surface area contributed by atoms with Gasteiger partial charge in [0.05, 0.1) is 12.5 Å². The predicted octanol–water partition coefficient (Wildman–Crippen LogP) is 2.45. The second kappa shape index (κ2) is 3.23. The molecule has 14 heavy (non-hydrogen) atoms. The van der Waals surface area contributed by atoms with Gasteiger partial charge < -0.3 is 4.57 Å². The molecule has 0 bridgehead atoms. The van der Waals surface area contributed by atoms with Crippen LogP contribution in [0.2, 0.25) is 0 Å². The van der Waals surface area contributed by atoms with Gasteiger partial charge in [-0.2, -0.15) is 0 Å². The molecule has 1 aromatic rings. The van der Waals surface area contributed by atoms with Crippen molar-refractivity contribution in [2.24, 2.45) is 5.41 Å². The van der Waals surface area contributed by atoms with Gasteiger partial charge in [-0.05, 0) is 24.7 Å². The summed E-state index contributed by atoms with van der Waals surface area (Å²) in [5, 5.41) is 0. The molecule has 0 N–H and O–H groups in total. The summed E-state index contributed by atoms with van der Waals surface area (Å²) in [6.07, 6.45) is 7.83. The minimum atomic E-state index is 0.412.